The lowest BCUT2D eigenvalue weighted by Gasteiger charge is -2.33. The average Bonchev–Trinajstić information content (AvgIpc) is 3.07. The van der Waals surface area contributed by atoms with E-state index in [1.807, 2.05) is 22.4 Å². The van der Waals surface area contributed by atoms with Crippen molar-refractivity contribution in [2.45, 2.75) is 31.7 Å². The summed E-state index contributed by atoms with van der Waals surface area (Å²) in [7, 11) is 0. The standard InChI is InChI=1S/C18H23N5OS/c24-18(16-4-2-10-25-16)23-9-1-3-13(11-23)22-17-14-5-7-19-8-6-15(14)20-12-21-17/h2,4,10,12-13,19H,1,3,5-9,11H2,(H,20,21,22)/t13-/m0/s1. The highest BCUT2D eigenvalue weighted by Crippen LogP contribution is 2.23. The van der Waals surface area contributed by atoms with Crippen LogP contribution in [0.5, 0.6) is 0 Å². The van der Waals surface area contributed by atoms with Gasteiger partial charge in [0, 0.05) is 37.7 Å². The molecule has 2 aromatic heterocycles. The molecule has 25 heavy (non-hydrogen) atoms. The van der Waals surface area contributed by atoms with Gasteiger partial charge in [0.25, 0.3) is 5.91 Å². The molecule has 1 amide bonds. The lowest BCUT2D eigenvalue weighted by Crippen LogP contribution is -2.45. The summed E-state index contributed by atoms with van der Waals surface area (Å²) in [5, 5.41) is 8.97. The van der Waals surface area contributed by atoms with Gasteiger partial charge < -0.3 is 15.5 Å². The average molecular weight is 357 g/mol. The molecule has 0 unspecified atom stereocenters. The number of carbonyl (C=O) groups excluding carboxylic acids is 1. The van der Waals surface area contributed by atoms with Crippen molar-refractivity contribution in [1.29, 1.82) is 0 Å². The first kappa shape index (κ1) is 16.5. The van der Waals surface area contributed by atoms with Crippen LogP contribution in [0.15, 0.2) is 23.8 Å². The van der Waals surface area contributed by atoms with Crippen LogP contribution in [0, 0.1) is 0 Å². The van der Waals surface area contributed by atoms with Gasteiger partial charge in [0.15, 0.2) is 0 Å². The number of fused-ring (bicyclic) bond motifs is 1. The number of nitrogens with one attached hydrogen (secondary N) is 2. The second-order valence-corrected chi connectivity index (χ2v) is 7.56. The van der Waals surface area contributed by atoms with Crippen molar-refractivity contribution in [2.24, 2.45) is 0 Å². The minimum atomic E-state index is 0.146. The van der Waals surface area contributed by atoms with E-state index < -0.39 is 0 Å². The zero-order valence-electron chi connectivity index (χ0n) is 14.2. The molecule has 7 heteroatoms. The zero-order chi connectivity index (χ0) is 17.1. The van der Waals surface area contributed by atoms with E-state index in [9.17, 15) is 4.79 Å². The molecular weight excluding hydrogens is 334 g/mol. The van der Waals surface area contributed by atoms with Crippen LogP contribution in [0.4, 0.5) is 5.82 Å². The fourth-order valence-corrected chi connectivity index (χ4v) is 4.32. The zero-order valence-corrected chi connectivity index (χ0v) is 15.0. The topological polar surface area (TPSA) is 70.2 Å². The number of thiophene rings is 1. The van der Waals surface area contributed by atoms with Crippen molar-refractivity contribution < 1.29 is 4.79 Å². The third-order valence-corrected chi connectivity index (χ3v) is 5.76. The third-order valence-electron chi connectivity index (χ3n) is 4.91. The minimum absolute atomic E-state index is 0.146. The van der Waals surface area contributed by atoms with E-state index in [0.29, 0.717) is 0 Å². The molecule has 1 saturated heterocycles. The van der Waals surface area contributed by atoms with Crippen LogP contribution in [-0.4, -0.2) is 53.0 Å². The normalized spacial score (nSPS) is 20.6. The lowest BCUT2D eigenvalue weighted by atomic mass is 10.0. The van der Waals surface area contributed by atoms with Crippen LogP contribution in [-0.2, 0) is 12.8 Å². The van der Waals surface area contributed by atoms with E-state index in [0.717, 1.165) is 68.3 Å². The predicted octanol–water partition coefficient (Wildman–Crippen LogP) is 1.94. The molecule has 2 aliphatic rings. The summed E-state index contributed by atoms with van der Waals surface area (Å²) in [6.45, 7) is 3.49. The Labute approximate surface area is 151 Å². The number of anilines is 1. The van der Waals surface area contributed by atoms with E-state index in [-0.39, 0.29) is 11.9 Å². The summed E-state index contributed by atoms with van der Waals surface area (Å²) in [5.41, 5.74) is 2.37. The van der Waals surface area contributed by atoms with Crippen molar-refractivity contribution in [2.75, 3.05) is 31.5 Å². The van der Waals surface area contributed by atoms with E-state index in [1.54, 1.807) is 6.33 Å². The Kier molecular flexibility index (Phi) is 4.94. The molecule has 6 nitrogen and oxygen atoms in total. The number of carbonyl (C=O) groups is 1. The van der Waals surface area contributed by atoms with Gasteiger partial charge in [-0.1, -0.05) is 6.07 Å². The number of rotatable bonds is 3. The first-order valence-corrected chi connectivity index (χ1v) is 9.82. The monoisotopic (exact) mass is 357 g/mol. The molecule has 1 fully saturated rings. The van der Waals surface area contributed by atoms with Crippen LogP contribution in [0.25, 0.3) is 0 Å². The maximum Gasteiger partial charge on any atom is 0.263 e. The van der Waals surface area contributed by atoms with E-state index in [2.05, 4.69) is 20.6 Å². The molecule has 4 rings (SSSR count). The number of piperidine rings is 1. The Bertz CT molecular complexity index is 733. The Morgan fingerprint density at radius 3 is 3.12 bits per heavy atom. The molecule has 2 aromatic rings. The molecular formula is C18H23N5OS. The van der Waals surface area contributed by atoms with Crippen molar-refractivity contribution in [3.63, 3.8) is 0 Å². The van der Waals surface area contributed by atoms with Crippen LogP contribution in [0.1, 0.15) is 33.8 Å². The van der Waals surface area contributed by atoms with Crippen molar-refractivity contribution >= 4 is 23.1 Å². The molecule has 0 saturated carbocycles. The minimum Gasteiger partial charge on any atom is -0.365 e. The fraction of sp³-hybridized carbons (Fsp3) is 0.500. The fourth-order valence-electron chi connectivity index (χ4n) is 3.63. The van der Waals surface area contributed by atoms with Gasteiger partial charge in [-0.05, 0) is 37.3 Å². The summed E-state index contributed by atoms with van der Waals surface area (Å²) in [6.07, 6.45) is 5.63. The maximum atomic E-state index is 12.6. The molecule has 1 atom stereocenters. The van der Waals surface area contributed by atoms with E-state index in [1.165, 1.54) is 16.9 Å². The van der Waals surface area contributed by atoms with Gasteiger partial charge in [-0.2, -0.15) is 0 Å². The Hall–Kier alpha value is -1.99. The Balaban J connectivity index is 1.47. The molecule has 2 N–H and O–H groups in total. The van der Waals surface area contributed by atoms with E-state index in [4.69, 9.17) is 0 Å². The van der Waals surface area contributed by atoms with Crippen molar-refractivity contribution in [3.8, 4) is 0 Å². The maximum absolute atomic E-state index is 12.6. The molecule has 0 aromatic carbocycles. The summed E-state index contributed by atoms with van der Waals surface area (Å²) in [6, 6.07) is 4.08. The first-order chi connectivity index (χ1) is 12.3. The lowest BCUT2D eigenvalue weighted by molar-refractivity contribution is 0.0719. The van der Waals surface area contributed by atoms with Gasteiger partial charge in [-0.25, -0.2) is 9.97 Å². The van der Waals surface area contributed by atoms with Gasteiger partial charge >= 0.3 is 0 Å². The van der Waals surface area contributed by atoms with Crippen LogP contribution in [0.2, 0.25) is 0 Å². The molecule has 0 spiro atoms. The van der Waals surface area contributed by atoms with Gasteiger partial charge in [-0.15, -0.1) is 11.3 Å². The molecule has 4 heterocycles. The predicted molar refractivity (Wildman–Crippen MR) is 99.2 cm³/mol. The molecule has 2 aliphatic heterocycles. The summed E-state index contributed by atoms with van der Waals surface area (Å²) in [4.78, 5) is 24.4. The molecule has 0 bridgehead atoms. The van der Waals surface area contributed by atoms with Crippen molar-refractivity contribution in [1.82, 2.24) is 20.2 Å². The van der Waals surface area contributed by atoms with Gasteiger partial charge in [-0.3, -0.25) is 4.79 Å². The van der Waals surface area contributed by atoms with Crippen LogP contribution >= 0.6 is 11.3 Å². The Morgan fingerprint density at radius 2 is 2.24 bits per heavy atom. The third kappa shape index (κ3) is 3.67. The number of hydrogen-bond donors (Lipinski definition) is 2. The Morgan fingerprint density at radius 1 is 1.32 bits per heavy atom. The number of nitrogens with zero attached hydrogens (tertiary/aromatic N) is 3. The summed E-state index contributed by atoms with van der Waals surface area (Å²) >= 11 is 1.51. The van der Waals surface area contributed by atoms with Crippen LogP contribution in [0.3, 0.4) is 0 Å². The van der Waals surface area contributed by atoms with Gasteiger partial charge in [0.05, 0.1) is 10.6 Å². The number of amides is 1. The highest BCUT2D eigenvalue weighted by Gasteiger charge is 2.26. The number of hydrogen-bond acceptors (Lipinski definition) is 6. The van der Waals surface area contributed by atoms with Gasteiger partial charge in [0.1, 0.15) is 12.1 Å². The summed E-state index contributed by atoms with van der Waals surface area (Å²) in [5.74, 6) is 1.09. The molecule has 0 radical (unpaired) electrons. The highest BCUT2D eigenvalue weighted by molar-refractivity contribution is 7.12. The number of likely N-dealkylation sites (tertiary alicyclic amines) is 1. The number of aromatic nitrogens is 2. The van der Waals surface area contributed by atoms with E-state index >= 15 is 0 Å². The van der Waals surface area contributed by atoms with Crippen molar-refractivity contribution in [3.05, 3.63) is 40.0 Å². The molecule has 0 aliphatic carbocycles. The second-order valence-electron chi connectivity index (χ2n) is 6.61. The quantitative estimate of drug-likeness (QED) is 0.879. The van der Waals surface area contributed by atoms with Crippen LogP contribution < -0.4 is 10.6 Å². The summed E-state index contributed by atoms with van der Waals surface area (Å²) < 4.78 is 0. The van der Waals surface area contributed by atoms with Gasteiger partial charge in [0.2, 0.25) is 0 Å². The first-order valence-electron chi connectivity index (χ1n) is 8.94. The second kappa shape index (κ2) is 7.49. The highest BCUT2D eigenvalue weighted by atomic mass is 32.1. The SMILES string of the molecule is O=C(c1cccs1)N1CCC[C@H](Nc2ncnc3c2CCNCC3)C1. The largest absolute Gasteiger partial charge is 0.365 e. The smallest absolute Gasteiger partial charge is 0.263 e. The molecule has 132 valence electrons.